The monoisotopic (exact) mass is 352 g/mol. The summed E-state index contributed by atoms with van der Waals surface area (Å²) in [6, 6.07) is 1.87. The molecule has 1 aromatic rings. The van der Waals surface area contributed by atoms with Crippen LogP contribution in [-0.2, 0) is 4.74 Å². The molecule has 0 spiro atoms. The zero-order chi connectivity index (χ0) is 18.6. The molecule has 1 aliphatic heterocycles. The molecule has 0 bridgehead atoms. The number of methoxy groups -OCH3 is 1. The molecule has 1 fully saturated rings. The lowest BCUT2D eigenvalue weighted by molar-refractivity contribution is 0.0777. The first kappa shape index (κ1) is 19.9. The summed E-state index contributed by atoms with van der Waals surface area (Å²) in [4.78, 5) is 17.0. The minimum absolute atomic E-state index is 0.00800. The molecule has 1 aromatic heterocycles. The number of furan rings is 1. The second kappa shape index (κ2) is 8.83. The lowest BCUT2D eigenvalue weighted by Gasteiger charge is -2.23. The summed E-state index contributed by atoms with van der Waals surface area (Å²) in [6.07, 6.45) is 0. The van der Waals surface area contributed by atoms with Gasteiger partial charge in [0.05, 0.1) is 12.2 Å². The van der Waals surface area contributed by atoms with Crippen LogP contribution in [0.1, 0.15) is 41.6 Å². The van der Waals surface area contributed by atoms with E-state index in [-0.39, 0.29) is 30.3 Å². The fourth-order valence-corrected chi connectivity index (χ4v) is 3.43. The number of rotatable bonds is 8. The van der Waals surface area contributed by atoms with E-state index in [0.717, 1.165) is 18.8 Å². The Morgan fingerprint density at radius 3 is 2.68 bits per heavy atom. The normalized spacial score (nSPS) is 20.9. The molecule has 0 radical (unpaired) electrons. The Hall–Kier alpha value is -1.37. The number of likely N-dealkylation sites (tertiary alicyclic amines) is 1. The van der Waals surface area contributed by atoms with Crippen molar-refractivity contribution in [2.75, 3.05) is 53.6 Å². The van der Waals surface area contributed by atoms with Crippen molar-refractivity contribution < 1.29 is 19.1 Å². The first-order valence-corrected chi connectivity index (χ1v) is 9.05. The lowest BCUT2D eigenvalue weighted by Crippen LogP contribution is -2.33. The van der Waals surface area contributed by atoms with Crippen molar-refractivity contribution in [3.05, 3.63) is 23.2 Å². The largest absolute Gasteiger partial charge is 0.465 e. The van der Waals surface area contributed by atoms with E-state index in [1.807, 2.05) is 24.9 Å². The Labute approximate surface area is 150 Å². The van der Waals surface area contributed by atoms with Crippen molar-refractivity contribution in [1.29, 1.82) is 0 Å². The number of hydrogen-bond acceptors (Lipinski definition) is 5. The van der Waals surface area contributed by atoms with Gasteiger partial charge in [0.25, 0.3) is 5.91 Å². The van der Waals surface area contributed by atoms with Crippen LogP contribution in [0, 0.1) is 18.8 Å². The summed E-state index contributed by atoms with van der Waals surface area (Å²) in [6.45, 7) is 9.69. The second-order valence-electron chi connectivity index (χ2n) is 7.44. The molecule has 0 aliphatic carbocycles. The predicted molar refractivity (Wildman–Crippen MR) is 96.9 cm³/mol. The van der Waals surface area contributed by atoms with Gasteiger partial charge in [-0.1, -0.05) is 13.8 Å². The van der Waals surface area contributed by atoms with E-state index >= 15 is 0 Å². The molecule has 2 atom stereocenters. The SMILES string of the molecule is COCCN(C)C[C@@H]1CN(C(=O)c2cc(C(C)C)oc2C)C[C@@H]1CO. The van der Waals surface area contributed by atoms with Crippen LogP contribution in [0.3, 0.4) is 0 Å². The lowest BCUT2D eigenvalue weighted by atomic mass is 9.96. The van der Waals surface area contributed by atoms with Crippen molar-refractivity contribution in [3.63, 3.8) is 0 Å². The number of aliphatic hydroxyl groups is 1. The van der Waals surface area contributed by atoms with Gasteiger partial charge in [0.2, 0.25) is 0 Å². The first-order valence-electron chi connectivity index (χ1n) is 9.05. The number of carbonyl (C=O) groups is 1. The highest BCUT2D eigenvalue weighted by Crippen LogP contribution is 2.28. The Morgan fingerprint density at radius 2 is 2.12 bits per heavy atom. The minimum atomic E-state index is 0.00800. The van der Waals surface area contributed by atoms with E-state index < -0.39 is 0 Å². The molecule has 142 valence electrons. The number of ether oxygens (including phenoxy) is 1. The van der Waals surface area contributed by atoms with Gasteiger partial charge < -0.3 is 24.1 Å². The molecule has 0 unspecified atom stereocenters. The summed E-state index contributed by atoms with van der Waals surface area (Å²) in [7, 11) is 3.74. The molecule has 25 heavy (non-hydrogen) atoms. The second-order valence-corrected chi connectivity index (χ2v) is 7.44. The standard InChI is InChI=1S/C19H32N2O4/c1-13(2)18-8-17(14(3)25-18)19(23)21-10-15(16(11-21)12-22)9-20(4)6-7-24-5/h8,13,15-16,22H,6-7,9-12H2,1-5H3/t15-,16-/m1/s1. The smallest absolute Gasteiger partial charge is 0.257 e. The zero-order valence-corrected chi connectivity index (χ0v) is 16.1. The third-order valence-corrected chi connectivity index (χ3v) is 5.06. The van der Waals surface area contributed by atoms with Gasteiger partial charge in [-0.2, -0.15) is 0 Å². The predicted octanol–water partition coefficient (Wildman–Crippen LogP) is 1.97. The van der Waals surface area contributed by atoms with Gasteiger partial charge in [-0.25, -0.2) is 0 Å². The molecule has 2 rings (SSSR count). The maximum Gasteiger partial charge on any atom is 0.257 e. The van der Waals surface area contributed by atoms with E-state index in [0.29, 0.717) is 31.0 Å². The molecule has 1 amide bonds. The highest BCUT2D eigenvalue weighted by Gasteiger charge is 2.36. The summed E-state index contributed by atoms with van der Waals surface area (Å²) < 4.78 is 10.8. The number of likely N-dealkylation sites (N-methyl/N-ethyl adjacent to an activating group) is 1. The molecular weight excluding hydrogens is 320 g/mol. The topological polar surface area (TPSA) is 66.2 Å². The minimum Gasteiger partial charge on any atom is -0.465 e. The van der Waals surface area contributed by atoms with E-state index in [2.05, 4.69) is 18.7 Å². The summed E-state index contributed by atoms with van der Waals surface area (Å²) >= 11 is 0. The summed E-state index contributed by atoms with van der Waals surface area (Å²) in [5, 5.41) is 9.73. The quantitative estimate of drug-likeness (QED) is 0.775. The highest BCUT2D eigenvalue weighted by atomic mass is 16.5. The Bertz CT molecular complexity index is 570. The third-order valence-electron chi connectivity index (χ3n) is 5.06. The summed E-state index contributed by atoms with van der Waals surface area (Å²) in [5.41, 5.74) is 0.647. The maximum absolute atomic E-state index is 12.9. The van der Waals surface area contributed by atoms with Gasteiger partial charge in [-0.3, -0.25) is 4.79 Å². The average molecular weight is 352 g/mol. The van der Waals surface area contributed by atoms with Gasteiger partial charge in [0.1, 0.15) is 11.5 Å². The molecule has 0 aromatic carbocycles. The summed E-state index contributed by atoms with van der Waals surface area (Å²) in [5.74, 6) is 2.17. The Balaban J connectivity index is 2.04. The van der Waals surface area contributed by atoms with Gasteiger partial charge in [-0.05, 0) is 26.0 Å². The molecule has 1 aliphatic rings. The van der Waals surface area contributed by atoms with Gasteiger partial charge >= 0.3 is 0 Å². The van der Waals surface area contributed by atoms with Crippen LogP contribution < -0.4 is 0 Å². The van der Waals surface area contributed by atoms with Crippen molar-refractivity contribution in [2.45, 2.75) is 26.7 Å². The number of amides is 1. The first-order chi connectivity index (χ1) is 11.9. The van der Waals surface area contributed by atoms with Gasteiger partial charge in [-0.15, -0.1) is 0 Å². The van der Waals surface area contributed by atoms with Crippen molar-refractivity contribution >= 4 is 5.91 Å². The third kappa shape index (κ3) is 4.84. The van der Waals surface area contributed by atoms with E-state index in [9.17, 15) is 9.90 Å². The maximum atomic E-state index is 12.9. The van der Waals surface area contributed by atoms with Gasteiger partial charge in [0, 0.05) is 51.7 Å². The Morgan fingerprint density at radius 1 is 1.44 bits per heavy atom. The van der Waals surface area contributed by atoms with Crippen LogP contribution >= 0.6 is 0 Å². The molecule has 6 nitrogen and oxygen atoms in total. The number of carbonyl (C=O) groups excluding carboxylic acids is 1. The van der Waals surface area contributed by atoms with Crippen LogP contribution in [0.5, 0.6) is 0 Å². The molecule has 2 heterocycles. The molecule has 0 saturated carbocycles. The molecular formula is C19H32N2O4. The van der Waals surface area contributed by atoms with Crippen LogP contribution in [0.25, 0.3) is 0 Å². The average Bonchev–Trinajstić information content (AvgIpc) is 3.16. The number of nitrogens with zero attached hydrogens (tertiary/aromatic N) is 2. The number of aryl methyl sites for hydroxylation is 1. The van der Waals surface area contributed by atoms with Crippen molar-refractivity contribution in [3.8, 4) is 0 Å². The fourth-order valence-electron chi connectivity index (χ4n) is 3.43. The van der Waals surface area contributed by atoms with Crippen LogP contribution in [0.2, 0.25) is 0 Å². The zero-order valence-electron chi connectivity index (χ0n) is 16.1. The number of aliphatic hydroxyl groups excluding tert-OH is 1. The van der Waals surface area contributed by atoms with Crippen LogP contribution in [0.4, 0.5) is 0 Å². The van der Waals surface area contributed by atoms with E-state index in [4.69, 9.17) is 9.15 Å². The van der Waals surface area contributed by atoms with Crippen molar-refractivity contribution in [1.82, 2.24) is 9.80 Å². The van der Waals surface area contributed by atoms with Crippen molar-refractivity contribution in [2.24, 2.45) is 11.8 Å². The van der Waals surface area contributed by atoms with Crippen LogP contribution in [0.15, 0.2) is 10.5 Å². The Kier molecular flexibility index (Phi) is 7.04. The molecule has 6 heteroatoms. The number of hydrogen-bond donors (Lipinski definition) is 1. The van der Waals surface area contributed by atoms with E-state index in [1.54, 1.807) is 7.11 Å². The molecule has 1 saturated heterocycles. The highest BCUT2D eigenvalue weighted by molar-refractivity contribution is 5.95. The van der Waals surface area contributed by atoms with Gasteiger partial charge in [0.15, 0.2) is 0 Å². The molecule has 1 N–H and O–H groups in total. The van der Waals surface area contributed by atoms with Crippen LogP contribution in [-0.4, -0.2) is 74.4 Å². The fraction of sp³-hybridized carbons (Fsp3) is 0.737. The van der Waals surface area contributed by atoms with E-state index in [1.165, 1.54) is 0 Å².